The lowest BCUT2D eigenvalue weighted by Crippen LogP contribution is -2.32. The summed E-state index contributed by atoms with van der Waals surface area (Å²) in [6.07, 6.45) is 0. The summed E-state index contributed by atoms with van der Waals surface area (Å²) >= 11 is 0. The molecule has 5 nitrogen and oxygen atoms in total. The van der Waals surface area contributed by atoms with Crippen LogP contribution >= 0.6 is 12.4 Å². The number of rotatable bonds is 6. The Kier molecular flexibility index (Phi) is 8.11. The maximum atomic E-state index is 11.6. The van der Waals surface area contributed by atoms with Crippen molar-refractivity contribution in [1.82, 2.24) is 10.2 Å². The number of carbonyl (C=O) groups is 2. The largest absolute Gasteiger partial charge is 0.352 e. The third-order valence-electron chi connectivity index (χ3n) is 3.78. The van der Waals surface area contributed by atoms with E-state index in [0.29, 0.717) is 13.1 Å². The highest BCUT2D eigenvalue weighted by molar-refractivity contribution is 5.85. The number of benzene rings is 2. The number of likely N-dealkylation sites (N-methyl/N-ethyl adjacent to an activating group) is 1. The van der Waals surface area contributed by atoms with E-state index < -0.39 is 0 Å². The van der Waals surface area contributed by atoms with Gasteiger partial charge in [0.2, 0.25) is 11.8 Å². The zero-order valence-electron chi connectivity index (χ0n) is 14.5. The number of amides is 2. The molecule has 0 aliphatic rings. The normalized spacial score (nSPS) is 9.88. The van der Waals surface area contributed by atoms with Gasteiger partial charge in [-0.1, -0.05) is 42.5 Å². The summed E-state index contributed by atoms with van der Waals surface area (Å²) in [7, 11) is 1.75. The van der Waals surface area contributed by atoms with E-state index in [2.05, 4.69) is 11.4 Å². The van der Waals surface area contributed by atoms with E-state index in [9.17, 15) is 9.59 Å². The zero-order valence-corrected chi connectivity index (χ0v) is 15.3. The van der Waals surface area contributed by atoms with Crippen molar-refractivity contribution in [1.29, 1.82) is 0 Å². The molecular weight excluding hydrogens is 338 g/mol. The second-order valence-corrected chi connectivity index (χ2v) is 5.76. The summed E-state index contributed by atoms with van der Waals surface area (Å²) in [6.45, 7) is 2.59. The van der Waals surface area contributed by atoms with Crippen molar-refractivity contribution < 1.29 is 9.59 Å². The standard InChI is InChI=1S/C19H23N3O2.ClH/c1-14(23)21-12-15-6-8-17(9-7-15)18-5-3-4-16(10-18)13-22(2)19(24)11-20;/h3-10H,11-13,20H2,1-2H3,(H,21,23);1H. The smallest absolute Gasteiger partial charge is 0.236 e. The van der Waals surface area contributed by atoms with Gasteiger partial charge < -0.3 is 16.0 Å². The number of nitrogens with two attached hydrogens (primary N) is 1. The van der Waals surface area contributed by atoms with Crippen molar-refractivity contribution in [2.75, 3.05) is 13.6 Å². The second kappa shape index (κ2) is 9.81. The van der Waals surface area contributed by atoms with Crippen LogP contribution in [0.3, 0.4) is 0 Å². The summed E-state index contributed by atoms with van der Waals surface area (Å²) in [5.74, 6) is -0.120. The summed E-state index contributed by atoms with van der Waals surface area (Å²) in [6, 6.07) is 16.2. The lowest BCUT2D eigenvalue weighted by Gasteiger charge is -2.16. The molecule has 3 N–H and O–H groups in total. The molecule has 2 aromatic rings. The first-order chi connectivity index (χ1) is 11.5. The van der Waals surface area contributed by atoms with E-state index in [1.807, 2.05) is 42.5 Å². The predicted molar refractivity (Wildman–Crippen MR) is 102 cm³/mol. The molecule has 134 valence electrons. The predicted octanol–water partition coefficient (Wildman–Crippen LogP) is 2.33. The molecule has 0 aliphatic heterocycles. The number of nitrogens with zero attached hydrogens (tertiary/aromatic N) is 1. The lowest BCUT2D eigenvalue weighted by molar-refractivity contribution is -0.128. The molecule has 25 heavy (non-hydrogen) atoms. The summed E-state index contributed by atoms with van der Waals surface area (Å²) in [4.78, 5) is 24.2. The molecule has 0 spiro atoms. The molecule has 0 heterocycles. The molecule has 2 rings (SSSR count). The fraction of sp³-hybridized carbons (Fsp3) is 0.263. The molecule has 0 saturated carbocycles. The van der Waals surface area contributed by atoms with Gasteiger partial charge in [0.25, 0.3) is 0 Å². The van der Waals surface area contributed by atoms with Crippen LogP contribution in [0.1, 0.15) is 18.1 Å². The van der Waals surface area contributed by atoms with Crippen LogP contribution in [-0.4, -0.2) is 30.3 Å². The Morgan fingerprint density at radius 2 is 1.72 bits per heavy atom. The van der Waals surface area contributed by atoms with Crippen molar-refractivity contribution in [2.45, 2.75) is 20.0 Å². The van der Waals surface area contributed by atoms with Gasteiger partial charge in [0.15, 0.2) is 0 Å². The minimum atomic E-state index is -0.0808. The molecule has 0 fully saturated rings. The molecule has 6 heteroatoms. The Hall–Kier alpha value is -2.37. The van der Waals surface area contributed by atoms with Crippen molar-refractivity contribution in [3.63, 3.8) is 0 Å². The first-order valence-corrected chi connectivity index (χ1v) is 7.86. The monoisotopic (exact) mass is 361 g/mol. The molecular formula is C19H24ClN3O2. The van der Waals surface area contributed by atoms with E-state index in [1.54, 1.807) is 11.9 Å². The average molecular weight is 362 g/mol. The summed E-state index contributed by atoms with van der Waals surface area (Å²) in [5, 5.41) is 2.78. The molecule has 0 unspecified atom stereocenters. The summed E-state index contributed by atoms with van der Waals surface area (Å²) < 4.78 is 0. The fourth-order valence-electron chi connectivity index (χ4n) is 2.41. The Balaban J connectivity index is 0.00000312. The molecule has 0 aromatic heterocycles. The number of hydrogen-bond acceptors (Lipinski definition) is 3. The van der Waals surface area contributed by atoms with Gasteiger partial charge >= 0.3 is 0 Å². The number of hydrogen-bond donors (Lipinski definition) is 2. The maximum Gasteiger partial charge on any atom is 0.236 e. The Bertz CT molecular complexity index is 717. The quantitative estimate of drug-likeness (QED) is 0.829. The van der Waals surface area contributed by atoms with Crippen LogP contribution < -0.4 is 11.1 Å². The van der Waals surface area contributed by atoms with Gasteiger partial charge in [0.1, 0.15) is 0 Å². The first kappa shape index (κ1) is 20.7. The van der Waals surface area contributed by atoms with Crippen LogP contribution in [0, 0.1) is 0 Å². The Morgan fingerprint density at radius 1 is 1.04 bits per heavy atom. The van der Waals surface area contributed by atoms with E-state index in [-0.39, 0.29) is 30.8 Å². The van der Waals surface area contributed by atoms with Crippen LogP contribution in [0.4, 0.5) is 0 Å². The first-order valence-electron chi connectivity index (χ1n) is 7.86. The van der Waals surface area contributed by atoms with Crippen LogP contribution in [-0.2, 0) is 22.7 Å². The fourth-order valence-corrected chi connectivity index (χ4v) is 2.41. The van der Waals surface area contributed by atoms with Crippen LogP contribution in [0.5, 0.6) is 0 Å². The van der Waals surface area contributed by atoms with E-state index >= 15 is 0 Å². The topological polar surface area (TPSA) is 75.4 Å². The van der Waals surface area contributed by atoms with E-state index in [1.165, 1.54) is 6.92 Å². The van der Waals surface area contributed by atoms with E-state index in [0.717, 1.165) is 22.3 Å². The SMILES string of the molecule is CC(=O)NCc1ccc(-c2cccc(CN(C)C(=O)CN)c2)cc1.Cl. The van der Waals surface area contributed by atoms with Crippen LogP contribution in [0.25, 0.3) is 11.1 Å². The molecule has 2 aromatic carbocycles. The zero-order chi connectivity index (χ0) is 17.5. The third kappa shape index (κ3) is 6.21. The highest BCUT2D eigenvalue weighted by Gasteiger charge is 2.07. The minimum absolute atomic E-state index is 0. The van der Waals surface area contributed by atoms with Crippen molar-refractivity contribution in [2.24, 2.45) is 5.73 Å². The van der Waals surface area contributed by atoms with Gasteiger partial charge in [-0.05, 0) is 28.3 Å². The number of halogens is 1. The van der Waals surface area contributed by atoms with Crippen molar-refractivity contribution in [3.05, 3.63) is 59.7 Å². The maximum absolute atomic E-state index is 11.6. The van der Waals surface area contributed by atoms with Crippen molar-refractivity contribution >= 4 is 24.2 Å². The molecule has 0 bridgehead atoms. The van der Waals surface area contributed by atoms with Gasteiger partial charge in [-0.25, -0.2) is 0 Å². The van der Waals surface area contributed by atoms with Gasteiger partial charge in [-0.3, -0.25) is 9.59 Å². The summed E-state index contributed by atoms with van der Waals surface area (Å²) in [5.41, 5.74) is 9.68. The Morgan fingerprint density at radius 3 is 2.32 bits per heavy atom. The van der Waals surface area contributed by atoms with Crippen LogP contribution in [0.2, 0.25) is 0 Å². The Labute approximate surface area is 154 Å². The lowest BCUT2D eigenvalue weighted by atomic mass is 10.0. The molecule has 0 saturated heterocycles. The minimum Gasteiger partial charge on any atom is -0.352 e. The number of carbonyl (C=O) groups excluding carboxylic acids is 2. The van der Waals surface area contributed by atoms with Crippen LogP contribution in [0.15, 0.2) is 48.5 Å². The highest BCUT2D eigenvalue weighted by Crippen LogP contribution is 2.21. The van der Waals surface area contributed by atoms with E-state index in [4.69, 9.17) is 5.73 Å². The van der Waals surface area contributed by atoms with Gasteiger partial charge in [-0.2, -0.15) is 0 Å². The molecule has 0 aliphatic carbocycles. The van der Waals surface area contributed by atoms with Gasteiger partial charge in [0, 0.05) is 27.1 Å². The second-order valence-electron chi connectivity index (χ2n) is 5.76. The molecule has 2 amide bonds. The average Bonchev–Trinajstić information content (AvgIpc) is 2.59. The van der Waals surface area contributed by atoms with Gasteiger partial charge in [-0.15, -0.1) is 12.4 Å². The molecule has 0 atom stereocenters. The number of nitrogens with one attached hydrogen (secondary N) is 1. The molecule has 0 radical (unpaired) electrons. The highest BCUT2D eigenvalue weighted by atomic mass is 35.5. The van der Waals surface area contributed by atoms with Gasteiger partial charge in [0.05, 0.1) is 6.54 Å². The van der Waals surface area contributed by atoms with Crippen molar-refractivity contribution in [3.8, 4) is 11.1 Å². The third-order valence-corrected chi connectivity index (χ3v) is 3.78.